The monoisotopic (exact) mass is 467 g/mol. The first kappa shape index (κ1) is 25.2. The highest BCUT2D eigenvalue weighted by Gasteiger charge is 2.37. The van der Waals surface area contributed by atoms with Gasteiger partial charge in [-0.15, -0.1) is 0 Å². The number of hydrogen-bond acceptors (Lipinski definition) is 4. The number of carbonyl (C=O) groups excluding carboxylic acids is 1. The van der Waals surface area contributed by atoms with Crippen molar-refractivity contribution in [3.8, 4) is 0 Å². The molecule has 3 rings (SSSR count). The molecule has 33 heavy (non-hydrogen) atoms. The molecule has 2 aromatic carbocycles. The second-order valence-electron chi connectivity index (χ2n) is 11.1. The largest absolute Gasteiger partial charge is 0.443 e. The number of carbonyl (C=O) groups is 1. The summed E-state index contributed by atoms with van der Waals surface area (Å²) in [5.74, 6) is 0. The summed E-state index contributed by atoms with van der Waals surface area (Å²) in [5, 5.41) is 12.1. The van der Waals surface area contributed by atoms with Gasteiger partial charge in [0.2, 0.25) is 0 Å². The number of ether oxygens (including phenoxy) is 1. The van der Waals surface area contributed by atoms with E-state index in [2.05, 4.69) is 33.9 Å². The minimum atomic E-state index is -1.89. The first-order valence-corrected chi connectivity index (χ1v) is 14.3. The molecule has 1 heterocycles. The molecule has 0 aliphatic heterocycles. The predicted molar refractivity (Wildman–Crippen MR) is 136 cm³/mol. The third-order valence-electron chi connectivity index (χ3n) is 6.27. The molecule has 3 aromatic rings. The summed E-state index contributed by atoms with van der Waals surface area (Å²) in [7, 11) is -1.89. The number of fused-ring (bicyclic) bond motifs is 1. The van der Waals surface area contributed by atoms with Crippen molar-refractivity contribution in [3.05, 3.63) is 71.4 Å². The number of aliphatic hydroxyl groups is 1. The molecular weight excluding hydrogens is 430 g/mol. The van der Waals surface area contributed by atoms with Crippen LogP contribution in [-0.4, -0.2) is 29.7 Å². The van der Waals surface area contributed by atoms with Crippen molar-refractivity contribution < 1.29 is 19.1 Å². The van der Waals surface area contributed by atoms with E-state index in [1.807, 2.05) is 75.4 Å². The summed E-state index contributed by atoms with van der Waals surface area (Å²) in [6.07, 6.45) is -1.47. The van der Waals surface area contributed by atoms with Crippen LogP contribution in [0.15, 0.2) is 54.6 Å². The van der Waals surface area contributed by atoms with E-state index in [1.54, 1.807) is 0 Å². The van der Waals surface area contributed by atoms with Gasteiger partial charge in [-0.05, 0) is 68.2 Å². The second kappa shape index (κ2) is 9.09. The molecule has 0 fully saturated rings. The van der Waals surface area contributed by atoms with E-state index in [0.29, 0.717) is 23.4 Å². The quantitative estimate of drug-likeness (QED) is 0.409. The Morgan fingerprint density at radius 1 is 1.00 bits per heavy atom. The average Bonchev–Trinajstić information content (AvgIpc) is 3.09. The third kappa shape index (κ3) is 5.75. The SMILES string of the molecule is CC(C)(C)OC(=O)n1c(C(O)c2ccccc2)cc2cc(CO[Si](C)(C)C(C)(C)C)ccc21. The topological polar surface area (TPSA) is 60.7 Å². The van der Waals surface area contributed by atoms with E-state index in [9.17, 15) is 9.90 Å². The molecule has 1 aromatic heterocycles. The lowest BCUT2D eigenvalue weighted by molar-refractivity contribution is 0.0528. The molecule has 0 aliphatic rings. The van der Waals surface area contributed by atoms with E-state index in [4.69, 9.17) is 9.16 Å². The Labute approximate surface area is 198 Å². The predicted octanol–water partition coefficient (Wildman–Crippen LogP) is 7.03. The molecule has 1 unspecified atom stereocenters. The zero-order chi connectivity index (χ0) is 24.6. The highest BCUT2D eigenvalue weighted by Crippen LogP contribution is 2.37. The molecule has 0 saturated heterocycles. The molecule has 6 heteroatoms. The van der Waals surface area contributed by atoms with E-state index < -0.39 is 26.1 Å². The lowest BCUT2D eigenvalue weighted by Gasteiger charge is -2.36. The van der Waals surface area contributed by atoms with E-state index in [0.717, 1.165) is 10.9 Å². The Morgan fingerprint density at radius 3 is 2.21 bits per heavy atom. The lowest BCUT2D eigenvalue weighted by Crippen LogP contribution is -2.40. The Balaban J connectivity index is 2.03. The molecule has 5 nitrogen and oxygen atoms in total. The fourth-order valence-electron chi connectivity index (χ4n) is 3.37. The average molecular weight is 468 g/mol. The van der Waals surface area contributed by atoms with Gasteiger partial charge in [0.15, 0.2) is 8.32 Å². The van der Waals surface area contributed by atoms with Crippen molar-refractivity contribution in [2.45, 2.75) is 78.0 Å². The maximum Gasteiger partial charge on any atom is 0.419 e. The third-order valence-corrected chi connectivity index (χ3v) is 10.8. The van der Waals surface area contributed by atoms with Crippen LogP contribution in [0.1, 0.15) is 64.5 Å². The summed E-state index contributed by atoms with van der Waals surface area (Å²) >= 11 is 0. The lowest BCUT2D eigenvalue weighted by atomic mass is 10.1. The molecule has 0 bridgehead atoms. The second-order valence-corrected chi connectivity index (χ2v) is 15.9. The molecule has 1 atom stereocenters. The number of benzene rings is 2. The Morgan fingerprint density at radius 2 is 1.64 bits per heavy atom. The zero-order valence-electron chi connectivity index (χ0n) is 21.1. The molecule has 0 radical (unpaired) electrons. The minimum absolute atomic E-state index is 0.129. The van der Waals surface area contributed by atoms with Crippen LogP contribution in [0.3, 0.4) is 0 Å². The molecular formula is C27H37NO4Si. The van der Waals surface area contributed by atoms with E-state index in [-0.39, 0.29) is 5.04 Å². The van der Waals surface area contributed by atoms with Gasteiger partial charge in [0.25, 0.3) is 0 Å². The highest BCUT2D eigenvalue weighted by atomic mass is 28.4. The fraction of sp³-hybridized carbons (Fsp3) is 0.444. The summed E-state index contributed by atoms with van der Waals surface area (Å²) in [5.41, 5.74) is 2.28. The zero-order valence-corrected chi connectivity index (χ0v) is 22.1. The van der Waals surface area contributed by atoms with Crippen LogP contribution in [0, 0.1) is 0 Å². The number of aliphatic hydroxyl groups excluding tert-OH is 1. The van der Waals surface area contributed by atoms with Crippen LogP contribution in [0.5, 0.6) is 0 Å². The van der Waals surface area contributed by atoms with Crippen molar-refractivity contribution in [2.24, 2.45) is 0 Å². The van der Waals surface area contributed by atoms with Gasteiger partial charge in [0.1, 0.15) is 11.7 Å². The van der Waals surface area contributed by atoms with Gasteiger partial charge in [-0.3, -0.25) is 0 Å². The van der Waals surface area contributed by atoms with Crippen molar-refractivity contribution in [1.29, 1.82) is 0 Å². The van der Waals surface area contributed by atoms with Crippen LogP contribution < -0.4 is 0 Å². The van der Waals surface area contributed by atoms with Crippen LogP contribution in [0.2, 0.25) is 18.1 Å². The first-order valence-electron chi connectivity index (χ1n) is 11.4. The molecule has 0 saturated carbocycles. The fourth-order valence-corrected chi connectivity index (χ4v) is 4.34. The Kier molecular flexibility index (Phi) is 6.94. The van der Waals surface area contributed by atoms with E-state index >= 15 is 0 Å². The van der Waals surface area contributed by atoms with Gasteiger partial charge in [-0.25, -0.2) is 9.36 Å². The highest BCUT2D eigenvalue weighted by molar-refractivity contribution is 6.74. The number of aromatic nitrogens is 1. The van der Waals surface area contributed by atoms with Gasteiger partial charge in [0.05, 0.1) is 17.8 Å². The maximum atomic E-state index is 13.2. The smallest absolute Gasteiger partial charge is 0.419 e. The van der Waals surface area contributed by atoms with Gasteiger partial charge < -0.3 is 14.3 Å². The Hall–Kier alpha value is -2.41. The van der Waals surface area contributed by atoms with Crippen molar-refractivity contribution in [3.63, 3.8) is 0 Å². The normalized spacial score (nSPS) is 13.8. The summed E-state index contributed by atoms with van der Waals surface area (Å²) in [6.45, 7) is 17.2. The van der Waals surface area contributed by atoms with Crippen LogP contribution >= 0.6 is 0 Å². The van der Waals surface area contributed by atoms with Gasteiger partial charge in [-0.2, -0.15) is 0 Å². The van der Waals surface area contributed by atoms with Crippen LogP contribution in [0.4, 0.5) is 4.79 Å². The molecule has 0 amide bonds. The maximum absolute atomic E-state index is 13.2. The van der Waals surface area contributed by atoms with Crippen molar-refractivity contribution >= 4 is 25.3 Å². The first-order chi connectivity index (χ1) is 15.2. The summed E-state index contributed by atoms with van der Waals surface area (Å²) in [4.78, 5) is 13.2. The molecule has 0 aliphatic carbocycles. The molecule has 0 spiro atoms. The van der Waals surface area contributed by atoms with Crippen molar-refractivity contribution in [2.75, 3.05) is 0 Å². The minimum Gasteiger partial charge on any atom is -0.443 e. The van der Waals surface area contributed by atoms with Crippen LogP contribution in [-0.2, 0) is 15.8 Å². The number of rotatable bonds is 5. The summed E-state index contributed by atoms with van der Waals surface area (Å²) in [6, 6.07) is 17.1. The number of nitrogens with zero attached hydrogens (tertiary/aromatic N) is 1. The van der Waals surface area contributed by atoms with Gasteiger partial charge in [-0.1, -0.05) is 57.2 Å². The Bertz CT molecular complexity index is 1120. The van der Waals surface area contributed by atoms with Gasteiger partial charge in [0, 0.05) is 5.39 Å². The molecule has 1 N–H and O–H groups in total. The van der Waals surface area contributed by atoms with Crippen LogP contribution in [0.25, 0.3) is 10.9 Å². The summed E-state index contributed by atoms with van der Waals surface area (Å²) < 4.78 is 13.5. The van der Waals surface area contributed by atoms with Crippen molar-refractivity contribution in [1.82, 2.24) is 4.57 Å². The van der Waals surface area contributed by atoms with Gasteiger partial charge >= 0.3 is 6.09 Å². The standard InChI is InChI=1S/C27H37NO4Si/c1-26(2,3)32-25(30)28-22-15-14-19(18-31-33(7,8)27(4,5)6)16-21(22)17-23(28)24(29)20-12-10-9-11-13-20/h9-17,24,29H,18H2,1-8H3. The molecule has 178 valence electrons. The van der Waals surface area contributed by atoms with E-state index in [1.165, 1.54) is 4.57 Å². The number of hydrogen-bond donors (Lipinski definition) is 1.